The van der Waals surface area contributed by atoms with Gasteiger partial charge in [0.25, 0.3) is 5.56 Å². The van der Waals surface area contributed by atoms with E-state index in [0.717, 1.165) is 42.3 Å². The lowest BCUT2D eigenvalue weighted by molar-refractivity contribution is 0.573. The molecule has 1 saturated heterocycles. The smallest absolute Gasteiger partial charge is 0.277 e. The van der Waals surface area contributed by atoms with Crippen molar-refractivity contribution in [2.45, 2.75) is 19.3 Å². The van der Waals surface area contributed by atoms with Gasteiger partial charge >= 0.3 is 0 Å². The number of hydrogen-bond acceptors (Lipinski definition) is 6. The van der Waals surface area contributed by atoms with Crippen LogP contribution >= 0.6 is 11.3 Å². The van der Waals surface area contributed by atoms with E-state index in [1.807, 2.05) is 12.1 Å². The van der Waals surface area contributed by atoms with Crippen LogP contribution in [0.4, 0.5) is 5.82 Å². The van der Waals surface area contributed by atoms with Crippen LogP contribution in [0.15, 0.2) is 35.4 Å². The van der Waals surface area contributed by atoms with E-state index >= 15 is 0 Å². The predicted molar refractivity (Wildman–Crippen MR) is 86.4 cm³/mol. The predicted octanol–water partition coefficient (Wildman–Crippen LogP) is 2.20. The normalized spacial score (nSPS) is 15.4. The first-order valence-corrected chi connectivity index (χ1v) is 8.19. The second-order valence-corrected chi connectivity index (χ2v) is 6.29. The fourth-order valence-corrected chi connectivity index (χ4v) is 3.60. The highest BCUT2D eigenvalue weighted by molar-refractivity contribution is 7.19. The third-order valence-corrected chi connectivity index (χ3v) is 4.80. The number of hydrogen-bond donors (Lipinski definition) is 0. The molecular formula is C15H15N5OS. The fraction of sp³-hybridized carbons (Fsp3) is 0.333. The van der Waals surface area contributed by atoms with Gasteiger partial charge in [0.2, 0.25) is 4.96 Å². The second kappa shape index (κ2) is 5.49. The van der Waals surface area contributed by atoms with Gasteiger partial charge in [0.15, 0.2) is 0 Å². The molecule has 4 heterocycles. The molecule has 0 saturated carbocycles. The van der Waals surface area contributed by atoms with E-state index in [1.165, 1.54) is 22.3 Å². The monoisotopic (exact) mass is 313 g/mol. The Labute approximate surface area is 131 Å². The lowest BCUT2D eigenvalue weighted by Gasteiger charge is -2.27. The van der Waals surface area contributed by atoms with Crippen molar-refractivity contribution >= 4 is 22.1 Å². The molecule has 1 aliphatic heterocycles. The van der Waals surface area contributed by atoms with Crippen molar-refractivity contribution in [3.05, 3.63) is 40.9 Å². The maximum absolute atomic E-state index is 12.3. The summed E-state index contributed by atoms with van der Waals surface area (Å²) in [5.41, 5.74) is 0.826. The van der Waals surface area contributed by atoms with Crippen molar-refractivity contribution in [3.63, 3.8) is 0 Å². The van der Waals surface area contributed by atoms with Crippen molar-refractivity contribution in [3.8, 4) is 10.6 Å². The van der Waals surface area contributed by atoms with Crippen LogP contribution in [-0.2, 0) is 0 Å². The summed E-state index contributed by atoms with van der Waals surface area (Å²) in [5, 5.41) is 5.16. The molecule has 3 aromatic heterocycles. The molecule has 0 unspecified atom stereocenters. The zero-order valence-corrected chi connectivity index (χ0v) is 12.8. The van der Waals surface area contributed by atoms with Crippen LogP contribution in [0.1, 0.15) is 19.3 Å². The van der Waals surface area contributed by atoms with E-state index in [4.69, 9.17) is 0 Å². The Kier molecular flexibility index (Phi) is 3.34. The minimum atomic E-state index is -0.123. The molecule has 0 atom stereocenters. The Hall–Kier alpha value is -2.28. The number of fused-ring (bicyclic) bond motifs is 1. The minimum Gasteiger partial charge on any atom is -0.356 e. The molecule has 0 aliphatic carbocycles. The number of piperidine rings is 1. The van der Waals surface area contributed by atoms with Gasteiger partial charge in [-0.1, -0.05) is 11.3 Å². The number of pyridine rings is 1. The molecule has 3 aromatic rings. The van der Waals surface area contributed by atoms with E-state index in [1.54, 1.807) is 18.5 Å². The highest BCUT2D eigenvalue weighted by Gasteiger charge is 2.16. The summed E-state index contributed by atoms with van der Waals surface area (Å²) in [4.78, 5) is 23.8. The Balaban J connectivity index is 1.79. The maximum atomic E-state index is 12.3. The molecule has 0 N–H and O–H groups in total. The van der Waals surface area contributed by atoms with Crippen LogP contribution < -0.4 is 10.5 Å². The number of aromatic nitrogens is 4. The third-order valence-electron chi connectivity index (χ3n) is 3.84. The van der Waals surface area contributed by atoms with E-state index in [0.29, 0.717) is 4.96 Å². The van der Waals surface area contributed by atoms with Crippen molar-refractivity contribution in [2.24, 2.45) is 0 Å². The van der Waals surface area contributed by atoms with Gasteiger partial charge in [-0.05, 0) is 31.4 Å². The van der Waals surface area contributed by atoms with Crippen LogP contribution in [0.5, 0.6) is 0 Å². The Bertz CT molecular complexity index is 851. The number of rotatable bonds is 2. The van der Waals surface area contributed by atoms with E-state index in [-0.39, 0.29) is 5.56 Å². The largest absolute Gasteiger partial charge is 0.356 e. The zero-order valence-electron chi connectivity index (χ0n) is 12.0. The second-order valence-electron chi connectivity index (χ2n) is 5.34. The van der Waals surface area contributed by atoms with Crippen LogP contribution in [0.25, 0.3) is 15.5 Å². The minimum absolute atomic E-state index is 0.123. The van der Waals surface area contributed by atoms with Gasteiger partial charge in [-0.25, -0.2) is 4.98 Å². The molecular weight excluding hydrogens is 298 g/mol. The zero-order chi connectivity index (χ0) is 14.9. The molecule has 0 amide bonds. The first kappa shape index (κ1) is 13.4. The van der Waals surface area contributed by atoms with Crippen LogP contribution in [0.2, 0.25) is 0 Å². The SMILES string of the molecule is O=c1cc(N2CCCCC2)nc2sc(-c3ccncc3)nn12. The van der Waals surface area contributed by atoms with Crippen LogP contribution in [0.3, 0.4) is 0 Å². The van der Waals surface area contributed by atoms with Gasteiger partial charge in [-0.2, -0.15) is 9.61 Å². The number of anilines is 1. The first-order chi connectivity index (χ1) is 10.8. The van der Waals surface area contributed by atoms with Crippen LogP contribution in [0, 0.1) is 0 Å². The standard InChI is InChI=1S/C15H15N5OS/c21-13-10-12(19-8-2-1-3-9-19)17-15-20(13)18-14(22-15)11-4-6-16-7-5-11/h4-7,10H,1-3,8-9H2. The van der Waals surface area contributed by atoms with Gasteiger partial charge in [-0.15, -0.1) is 0 Å². The van der Waals surface area contributed by atoms with Gasteiger partial charge in [0.05, 0.1) is 0 Å². The van der Waals surface area contributed by atoms with Crippen molar-refractivity contribution < 1.29 is 0 Å². The highest BCUT2D eigenvalue weighted by Crippen LogP contribution is 2.25. The molecule has 1 fully saturated rings. The molecule has 6 nitrogen and oxygen atoms in total. The molecule has 0 radical (unpaired) electrons. The van der Waals surface area contributed by atoms with E-state index < -0.39 is 0 Å². The third kappa shape index (κ3) is 2.37. The maximum Gasteiger partial charge on any atom is 0.277 e. The van der Waals surface area contributed by atoms with Gasteiger partial charge in [0, 0.05) is 37.1 Å². The molecule has 1 aliphatic rings. The molecule has 112 valence electrons. The van der Waals surface area contributed by atoms with Gasteiger partial charge in [-0.3, -0.25) is 9.78 Å². The molecule has 0 bridgehead atoms. The van der Waals surface area contributed by atoms with Gasteiger partial charge < -0.3 is 4.90 Å². The summed E-state index contributed by atoms with van der Waals surface area (Å²) < 4.78 is 1.38. The Morgan fingerprint density at radius 1 is 1.09 bits per heavy atom. The summed E-state index contributed by atoms with van der Waals surface area (Å²) in [6.45, 7) is 1.94. The average molecular weight is 313 g/mol. The first-order valence-electron chi connectivity index (χ1n) is 7.37. The van der Waals surface area contributed by atoms with E-state index in [2.05, 4.69) is 20.0 Å². The van der Waals surface area contributed by atoms with E-state index in [9.17, 15) is 4.79 Å². The fourth-order valence-electron chi connectivity index (χ4n) is 2.70. The van der Waals surface area contributed by atoms with Crippen molar-refractivity contribution in [1.29, 1.82) is 0 Å². The topological polar surface area (TPSA) is 63.4 Å². The summed E-state index contributed by atoms with van der Waals surface area (Å²) in [6, 6.07) is 5.36. The highest BCUT2D eigenvalue weighted by atomic mass is 32.1. The summed E-state index contributed by atoms with van der Waals surface area (Å²) in [5.74, 6) is 0.773. The van der Waals surface area contributed by atoms with Gasteiger partial charge in [0.1, 0.15) is 10.8 Å². The molecule has 4 rings (SSSR count). The lowest BCUT2D eigenvalue weighted by Crippen LogP contribution is -2.31. The molecule has 0 spiro atoms. The summed E-state index contributed by atoms with van der Waals surface area (Å²) in [6.07, 6.45) is 7.01. The quantitative estimate of drug-likeness (QED) is 0.726. The van der Waals surface area contributed by atoms with Crippen molar-refractivity contribution in [1.82, 2.24) is 19.6 Å². The average Bonchev–Trinajstić information content (AvgIpc) is 3.01. The Morgan fingerprint density at radius 2 is 1.86 bits per heavy atom. The summed E-state index contributed by atoms with van der Waals surface area (Å²) >= 11 is 1.43. The van der Waals surface area contributed by atoms with Crippen molar-refractivity contribution in [2.75, 3.05) is 18.0 Å². The molecule has 22 heavy (non-hydrogen) atoms. The molecule has 7 heteroatoms. The molecule has 0 aromatic carbocycles. The van der Waals surface area contributed by atoms with Crippen LogP contribution in [-0.4, -0.2) is 32.7 Å². The Morgan fingerprint density at radius 3 is 2.64 bits per heavy atom. The number of nitrogens with zero attached hydrogens (tertiary/aromatic N) is 5. The summed E-state index contributed by atoms with van der Waals surface area (Å²) in [7, 11) is 0. The lowest BCUT2D eigenvalue weighted by atomic mass is 10.1.